The molecule has 844 valence electrons. The van der Waals surface area contributed by atoms with Crippen molar-refractivity contribution in [2.45, 2.75) is 319 Å². The van der Waals surface area contributed by atoms with Crippen molar-refractivity contribution >= 4 is 105 Å². The minimum absolute atomic E-state index is 0. The second-order valence-electron chi connectivity index (χ2n) is 38.2. The second-order valence-corrected chi connectivity index (χ2v) is 38.2. The summed E-state index contributed by atoms with van der Waals surface area (Å²) < 4.78 is 272. The summed E-state index contributed by atoms with van der Waals surface area (Å²) in [7, 11) is 2.42. The molecule has 5 unspecified atom stereocenters. The van der Waals surface area contributed by atoms with Gasteiger partial charge in [0.05, 0.1) is 50.0 Å². The molecule has 150 heavy (non-hydrogen) atoms. The number of nitrogens with zero attached hydrogens (tertiary/aromatic N) is 6. The van der Waals surface area contributed by atoms with Gasteiger partial charge in [0.2, 0.25) is 0 Å². The molecule has 7 N–H and O–H groups in total. The van der Waals surface area contributed by atoms with Crippen molar-refractivity contribution in [3.05, 3.63) is 197 Å². The SMILES string of the molecule is C.C.C.C.CC(C)(C)OC(=O)Nc1ccc(C(C)(C#N)C(F)(F)F)cc1.CC(C)(C)OC(=O)Nc1ccc(C(C)(C)C(F)(F)F)cc1.CC(C)(C)OC(=O)Nc1ccc(C(C)(CC#N)C(F)(F)F)cc1.CC(C)(C)OC(=O)Nc1ccc(C(C)(O)C(F)(F)F)cc1.COC(=O)CC(C)(c1ccc(NC(=O)OC(C)(C)C)cc1)C(F)(F)F.Cn1nnc(C(C)(c2ccc(NC(=O)OC(C)(C)C)cc2)C(F)(F)F)n1.O=C=O.[CH2-]I.[CH3-].[V].[V]. The van der Waals surface area contributed by atoms with Crippen LogP contribution in [-0.4, -0.2) is 152 Å². The molecule has 0 aliphatic rings. The van der Waals surface area contributed by atoms with Crippen LogP contribution in [0.15, 0.2) is 146 Å². The van der Waals surface area contributed by atoms with E-state index in [1.165, 1.54) is 134 Å². The number of carbonyl (C=O) groups is 7. The Kier molecular flexibility index (Phi) is 62.7. The zero-order valence-corrected chi connectivity index (χ0v) is 90.2. The van der Waals surface area contributed by atoms with E-state index in [0.717, 1.165) is 77.7 Å². The van der Waals surface area contributed by atoms with E-state index in [0.29, 0.717) is 24.0 Å². The number of esters is 1. The summed E-state index contributed by atoms with van der Waals surface area (Å²) >= 11 is 1.90. The van der Waals surface area contributed by atoms with Gasteiger partial charge < -0.3 is 68.3 Å². The Morgan fingerprint density at radius 1 is 0.360 bits per heavy atom. The molecule has 0 bridgehead atoms. The van der Waals surface area contributed by atoms with Crippen LogP contribution in [0.25, 0.3) is 0 Å². The number of ether oxygens (including phenoxy) is 7. The van der Waals surface area contributed by atoms with E-state index in [2.05, 4.69) is 57.0 Å². The molecular formula is C100H137F18IN12O17V2-2. The number of methoxy groups -OCH3 is 1. The number of carbonyl (C=O) groups excluding carboxylic acids is 9. The smallest absolute Gasteiger partial charge is 0.421 e. The van der Waals surface area contributed by atoms with E-state index in [-0.39, 0.29) is 131 Å². The van der Waals surface area contributed by atoms with Gasteiger partial charge in [0.15, 0.2) is 22.3 Å². The van der Waals surface area contributed by atoms with Gasteiger partial charge in [-0.05, 0) is 284 Å². The number of anilines is 6. The van der Waals surface area contributed by atoms with Crippen molar-refractivity contribution in [1.29, 1.82) is 10.5 Å². The molecule has 2 radical (unpaired) electrons. The van der Waals surface area contributed by atoms with Crippen molar-refractivity contribution in [2.24, 2.45) is 7.05 Å². The number of tetrazole rings is 1. The molecule has 29 nitrogen and oxygen atoms in total. The number of amides is 6. The van der Waals surface area contributed by atoms with Crippen LogP contribution in [0.5, 0.6) is 0 Å². The van der Waals surface area contributed by atoms with Crippen LogP contribution in [0.1, 0.15) is 255 Å². The van der Waals surface area contributed by atoms with Gasteiger partial charge >= 0.3 is 85.7 Å². The number of rotatable bonds is 16. The van der Waals surface area contributed by atoms with Crippen molar-refractivity contribution in [1.82, 2.24) is 20.2 Å². The van der Waals surface area contributed by atoms with Gasteiger partial charge in [0.25, 0.3) is 0 Å². The number of benzene rings is 6. The first-order valence-corrected chi connectivity index (χ1v) is 43.6. The number of nitriles is 2. The van der Waals surface area contributed by atoms with E-state index in [4.69, 9.17) is 48.5 Å². The number of hydrogen-bond acceptors (Lipinski definition) is 22. The summed E-state index contributed by atoms with van der Waals surface area (Å²) in [6, 6.07) is 33.5. The van der Waals surface area contributed by atoms with Gasteiger partial charge in [-0.3, -0.25) is 41.6 Å². The summed E-state index contributed by atoms with van der Waals surface area (Å²) in [6.07, 6.45) is -33.1. The zero-order valence-electron chi connectivity index (χ0n) is 85.2. The molecule has 0 saturated heterocycles. The minimum atomic E-state index is -4.78. The van der Waals surface area contributed by atoms with Crippen molar-refractivity contribution < 1.29 is 198 Å². The first kappa shape index (κ1) is 154. The molecule has 0 aliphatic carbocycles. The first-order chi connectivity index (χ1) is 64.5. The Bertz CT molecular complexity index is 5310. The standard InChI is InChI=1S/C17H22F3NO4.C16H20F3N5O2.C16H19F3N2O2.C15H17F3N2O2.C15H20F3NO2.C14H18F3NO3.CH2I.CO2.4CH4.CH3.2V/c1-15(2,3)25-14(23)21-12-8-6-11(7-9-12)16(4,17(18,19)20)10-13(22)24-5;1-14(2,3)26-13(25)20-11-8-6-10(7-9-11)15(4,16(17,18)19)12-21-23-24(5)22-12;1-14(2,3)23-13(22)21-12-7-5-11(6-8-12)15(4,9-10-20)16(17,18)19;1-13(2,3)22-12(21)20-11-7-5-10(6-8-11)14(4,9-19)15(16,17)18;1-13(2,3)21-12(20)19-11-8-6-10(7-9-11)14(4,5)15(16,17)18;1-12(2,3)21-11(19)18-10-7-5-9(6-8-10)13(4,20)14(15,16)17;1-2;2-1-3;;;;;;;/h6-9H,10H2,1-5H3,(H,21,23);6-9H,1-5H3,(H,20,25);5-8H,9H2,1-4H3,(H,21,22);5-8H,1-4H3,(H,20,21);6-9H,1-5H3,(H,19,20);5-8,20H,1-4H3,(H,18,19);1H2;;4*1H4;1H3;;/q;;;;;;-1;;;;;;-1;;. The van der Waals surface area contributed by atoms with E-state index >= 15 is 0 Å². The van der Waals surface area contributed by atoms with Gasteiger partial charge in [-0.1, -0.05) is 103 Å². The number of aliphatic hydroxyl groups is 1. The Hall–Kier alpha value is -11.6. The monoisotopic (exact) mass is 2350 g/mol. The number of nitrogens with one attached hydrogen (secondary N) is 6. The van der Waals surface area contributed by atoms with Crippen LogP contribution in [0, 0.1) is 35.0 Å². The Balaban J connectivity index is -0.000000264. The predicted molar refractivity (Wildman–Crippen MR) is 534 cm³/mol. The number of hydrogen-bond donors (Lipinski definition) is 7. The molecule has 5 atom stereocenters. The Morgan fingerprint density at radius 3 is 0.773 bits per heavy atom. The molecule has 1 heterocycles. The van der Waals surface area contributed by atoms with Crippen LogP contribution in [-0.2, 0) is 124 Å². The number of aryl methyl sites for hydroxylation is 1. The third kappa shape index (κ3) is 51.0. The number of aromatic nitrogens is 4. The quantitative estimate of drug-likeness (QED) is 0.0155. The molecule has 0 fully saturated rings. The van der Waals surface area contributed by atoms with E-state index in [1.807, 2.05) is 22.6 Å². The van der Waals surface area contributed by atoms with Crippen molar-refractivity contribution in [2.75, 3.05) is 39.0 Å². The first-order valence-electron chi connectivity index (χ1n) is 42.1. The number of alkyl halides is 18. The van der Waals surface area contributed by atoms with Crippen molar-refractivity contribution in [3.63, 3.8) is 0 Å². The van der Waals surface area contributed by atoms with Gasteiger partial charge in [0, 0.05) is 71.2 Å². The van der Waals surface area contributed by atoms with Crippen LogP contribution in [0.3, 0.4) is 0 Å². The fourth-order valence-electron chi connectivity index (χ4n) is 10.8. The minimum Gasteiger partial charge on any atom is -0.469 e. The summed E-state index contributed by atoms with van der Waals surface area (Å²) in [5.41, 5.74) is -17.4. The molecule has 0 aliphatic heterocycles. The van der Waals surface area contributed by atoms with Gasteiger partial charge in [-0.2, -0.15) is 104 Å². The maximum Gasteiger partial charge on any atom is 0.421 e. The van der Waals surface area contributed by atoms with Crippen molar-refractivity contribution in [3.8, 4) is 12.1 Å². The molecule has 50 heteroatoms. The summed E-state index contributed by atoms with van der Waals surface area (Å²) in [4.78, 5) is 102. The van der Waals surface area contributed by atoms with Gasteiger partial charge in [-0.15, -0.1) is 10.2 Å². The fraction of sp³-hybridized carbons (Fsp3) is 0.510. The molecule has 7 rings (SSSR count). The number of halogens is 19. The average Bonchev–Trinajstić information content (AvgIpc) is 1.50. The Labute approximate surface area is 902 Å². The predicted octanol–water partition coefficient (Wildman–Crippen LogP) is 29.3. The topological polar surface area (TPSA) is 402 Å². The second kappa shape index (κ2) is 61.2. The maximum atomic E-state index is 13.8. The molecule has 0 saturated carbocycles. The normalized spacial score (nSPS) is 13.3. The van der Waals surface area contributed by atoms with Crippen LogP contribution in [0.2, 0.25) is 0 Å². The van der Waals surface area contributed by atoms with Gasteiger partial charge in [0.1, 0.15) is 39.0 Å². The largest absolute Gasteiger partial charge is 0.469 e. The summed E-state index contributed by atoms with van der Waals surface area (Å²) in [6.45, 7) is 37.2. The maximum absolute atomic E-state index is 13.8. The molecule has 6 amide bonds. The van der Waals surface area contributed by atoms with E-state index in [1.54, 1.807) is 131 Å². The van der Waals surface area contributed by atoms with Crippen LogP contribution >= 0.6 is 22.6 Å². The van der Waals surface area contributed by atoms with Crippen LogP contribution in [0.4, 0.5) is 142 Å². The molecule has 6 aromatic carbocycles. The third-order valence-corrected chi connectivity index (χ3v) is 18.9. The molecule has 1 aromatic heterocycles. The molecule has 7 aromatic rings. The zero-order chi connectivity index (χ0) is 112. The van der Waals surface area contributed by atoms with Crippen LogP contribution < -0.4 is 31.9 Å². The van der Waals surface area contributed by atoms with E-state index < -0.39 is 165 Å². The fourth-order valence-corrected chi connectivity index (χ4v) is 10.8. The summed E-state index contributed by atoms with van der Waals surface area (Å²) in [5, 5.41) is 52.4. The Morgan fingerprint density at radius 2 is 0.587 bits per heavy atom. The van der Waals surface area contributed by atoms with Gasteiger partial charge in [-0.25, -0.2) is 28.8 Å². The van der Waals surface area contributed by atoms with E-state index in [9.17, 15) is 118 Å². The summed E-state index contributed by atoms with van der Waals surface area (Å²) in [5.74, 6) is -1.42. The average molecular weight is 2350 g/mol. The third-order valence-electron chi connectivity index (χ3n) is 18.9. The molecular weight excluding hydrogens is 2210 g/mol. The molecule has 0 spiro atoms.